The molecular formula is C13H15F3O4. The van der Waals surface area contributed by atoms with Crippen molar-refractivity contribution in [2.75, 3.05) is 6.61 Å². The number of hydrogen-bond donors (Lipinski definition) is 2. The third-order valence-corrected chi connectivity index (χ3v) is 2.60. The topological polar surface area (TPSA) is 66.8 Å². The Kier molecular flexibility index (Phi) is 5.13. The van der Waals surface area contributed by atoms with E-state index in [1.807, 2.05) is 0 Å². The highest BCUT2D eigenvalue weighted by atomic mass is 19.4. The van der Waals surface area contributed by atoms with Gasteiger partial charge >= 0.3 is 12.1 Å². The number of rotatable bonds is 4. The van der Waals surface area contributed by atoms with Crippen molar-refractivity contribution in [2.24, 2.45) is 0 Å². The van der Waals surface area contributed by atoms with E-state index in [1.54, 1.807) is 0 Å². The van der Waals surface area contributed by atoms with Gasteiger partial charge in [-0.25, -0.2) is 4.79 Å². The molecule has 0 aliphatic heterocycles. The number of benzene rings is 1. The largest absolute Gasteiger partial charge is 0.464 e. The van der Waals surface area contributed by atoms with Crippen LogP contribution in [-0.2, 0) is 15.7 Å². The van der Waals surface area contributed by atoms with Gasteiger partial charge in [0.05, 0.1) is 12.2 Å². The number of aryl methyl sites for hydroxylation is 1. The quantitative estimate of drug-likeness (QED) is 0.833. The fourth-order valence-corrected chi connectivity index (χ4v) is 1.69. The molecule has 0 spiro atoms. The second-order valence-corrected chi connectivity index (χ2v) is 4.27. The molecule has 0 saturated carbocycles. The van der Waals surface area contributed by atoms with Crippen LogP contribution in [0.4, 0.5) is 13.2 Å². The summed E-state index contributed by atoms with van der Waals surface area (Å²) in [6.07, 6.45) is -8.29. The molecule has 0 aliphatic rings. The lowest BCUT2D eigenvalue weighted by atomic mass is 9.99. The number of ether oxygens (including phenoxy) is 1. The van der Waals surface area contributed by atoms with E-state index < -0.39 is 29.9 Å². The molecule has 0 radical (unpaired) electrons. The van der Waals surface area contributed by atoms with E-state index in [0.717, 1.165) is 6.07 Å². The highest BCUT2D eigenvalue weighted by Crippen LogP contribution is 2.32. The molecule has 1 rings (SSSR count). The molecular weight excluding hydrogens is 277 g/mol. The molecule has 0 amide bonds. The standard InChI is InChI=1S/C13H15F3O4/c1-3-20-12(19)11(18)10(17)8-4-7(2)5-9(6-8)13(14,15)16/h4-6,10-11,17-18H,3H2,1-2H3. The predicted octanol–water partition coefficient (Wildman–Crippen LogP) is 1.97. The minimum atomic E-state index is -4.57. The monoisotopic (exact) mass is 292 g/mol. The Balaban J connectivity index is 3.07. The second-order valence-electron chi connectivity index (χ2n) is 4.27. The van der Waals surface area contributed by atoms with Gasteiger partial charge in [0.15, 0.2) is 6.10 Å². The Hall–Kier alpha value is -1.60. The van der Waals surface area contributed by atoms with Crippen LogP contribution in [0.15, 0.2) is 18.2 Å². The van der Waals surface area contributed by atoms with E-state index in [9.17, 15) is 28.2 Å². The number of hydrogen-bond acceptors (Lipinski definition) is 4. The first kappa shape index (κ1) is 16.5. The van der Waals surface area contributed by atoms with E-state index in [4.69, 9.17) is 0 Å². The lowest BCUT2D eigenvalue weighted by Crippen LogP contribution is -2.30. The number of alkyl halides is 3. The van der Waals surface area contributed by atoms with Crippen molar-refractivity contribution in [1.82, 2.24) is 0 Å². The fourth-order valence-electron chi connectivity index (χ4n) is 1.69. The predicted molar refractivity (Wildman–Crippen MR) is 63.8 cm³/mol. The maximum absolute atomic E-state index is 12.7. The summed E-state index contributed by atoms with van der Waals surface area (Å²) in [7, 11) is 0. The molecule has 0 fully saturated rings. The van der Waals surface area contributed by atoms with Gasteiger partial charge in [0.2, 0.25) is 0 Å². The zero-order valence-electron chi connectivity index (χ0n) is 10.9. The minimum absolute atomic E-state index is 0.00969. The highest BCUT2D eigenvalue weighted by molar-refractivity contribution is 5.75. The van der Waals surface area contributed by atoms with Crippen LogP contribution in [0.1, 0.15) is 29.7 Å². The number of aliphatic hydroxyl groups is 2. The van der Waals surface area contributed by atoms with Crippen LogP contribution >= 0.6 is 0 Å². The van der Waals surface area contributed by atoms with Gasteiger partial charge in [-0.3, -0.25) is 0 Å². The van der Waals surface area contributed by atoms with Gasteiger partial charge in [-0.05, 0) is 31.5 Å². The van der Waals surface area contributed by atoms with Gasteiger partial charge in [-0.2, -0.15) is 13.2 Å². The van der Waals surface area contributed by atoms with Crippen molar-refractivity contribution >= 4 is 5.97 Å². The summed E-state index contributed by atoms with van der Waals surface area (Å²) in [5.74, 6) is -1.09. The van der Waals surface area contributed by atoms with Crippen molar-refractivity contribution in [3.63, 3.8) is 0 Å². The molecule has 2 N–H and O–H groups in total. The van der Waals surface area contributed by atoms with Crippen LogP contribution in [0, 0.1) is 6.92 Å². The number of aliphatic hydroxyl groups excluding tert-OH is 2. The molecule has 0 aromatic heterocycles. The Morgan fingerprint density at radius 1 is 1.30 bits per heavy atom. The second kappa shape index (κ2) is 6.23. The lowest BCUT2D eigenvalue weighted by molar-refractivity contribution is -0.159. The number of carbonyl (C=O) groups excluding carboxylic acids is 1. The normalized spacial score (nSPS) is 14.8. The fraction of sp³-hybridized carbons (Fsp3) is 0.462. The van der Waals surface area contributed by atoms with Crippen molar-refractivity contribution in [3.8, 4) is 0 Å². The first-order valence-corrected chi connectivity index (χ1v) is 5.88. The van der Waals surface area contributed by atoms with Crippen LogP contribution in [0.5, 0.6) is 0 Å². The molecule has 1 aromatic rings. The van der Waals surface area contributed by atoms with Gasteiger partial charge in [0, 0.05) is 0 Å². The van der Waals surface area contributed by atoms with Crippen LogP contribution in [0.2, 0.25) is 0 Å². The van der Waals surface area contributed by atoms with Gasteiger partial charge in [-0.1, -0.05) is 11.6 Å². The molecule has 1 aromatic carbocycles. The molecule has 0 aliphatic carbocycles. The van der Waals surface area contributed by atoms with Gasteiger partial charge < -0.3 is 14.9 Å². The number of halogens is 3. The van der Waals surface area contributed by atoms with E-state index in [2.05, 4.69) is 4.74 Å². The third-order valence-electron chi connectivity index (χ3n) is 2.60. The van der Waals surface area contributed by atoms with Crippen molar-refractivity contribution in [1.29, 1.82) is 0 Å². The van der Waals surface area contributed by atoms with Crippen molar-refractivity contribution < 1.29 is 32.9 Å². The van der Waals surface area contributed by atoms with Crippen molar-refractivity contribution in [2.45, 2.75) is 32.2 Å². The van der Waals surface area contributed by atoms with Crippen LogP contribution in [0.3, 0.4) is 0 Å². The van der Waals surface area contributed by atoms with E-state index >= 15 is 0 Å². The summed E-state index contributed by atoms with van der Waals surface area (Å²) < 4.78 is 42.5. The molecule has 2 atom stereocenters. The number of esters is 1. The van der Waals surface area contributed by atoms with Gasteiger partial charge in [-0.15, -0.1) is 0 Å². The molecule has 0 bridgehead atoms. The van der Waals surface area contributed by atoms with E-state index in [1.165, 1.54) is 19.9 Å². The van der Waals surface area contributed by atoms with Crippen LogP contribution in [-0.4, -0.2) is 28.9 Å². The summed E-state index contributed by atoms with van der Waals surface area (Å²) in [5, 5.41) is 19.3. The molecule has 7 heteroatoms. The Morgan fingerprint density at radius 2 is 1.90 bits per heavy atom. The summed E-state index contributed by atoms with van der Waals surface area (Å²) in [4.78, 5) is 11.3. The van der Waals surface area contributed by atoms with Crippen LogP contribution in [0.25, 0.3) is 0 Å². The average molecular weight is 292 g/mol. The Morgan fingerprint density at radius 3 is 2.40 bits per heavy atom. The van der Waals surface area contributed by atoms with Crippen molar-refractivity contribution in [3.05, 3.63) is 34.9 Å². The Bertz CT molecular complexity index is 485. The summed E-state index contributed by atoms with van der Waals surface area (Å²) >= 11 is 0. The molecule has 20 heavy (non-hydrogen) atoms. The van der Waals surface area contributed by atoms with Gasteiger partial charge in [0.1, 0.15) is 6.10 Å². The lowest BCUT2D eigenvalue weighted by Gasteiger charge is -2.18. The molecule has 2 unspecified atom stereocenters. The third kappa shape index (κ3) is 3.94. The van der Waals surface area contributed by atoms with E-state index in [0.29, 0.717) is 6.07 Å². The summed E-state index contributed by atoms with van der Waals surface area (Å²) in [6.45, 7) is 2.91. The average Bonchev–Trinajstić information content (AvgIpc) is 2.35. The Labute approximate surface area is 113 Å². The minimum Gasteiger partial charge on any atom is -0.464 e. The van der Waals surface area contributed by atoms with Crippen LogP contribution < -0.4 is 0 Å². The molecule has 112 valence electrons. The SMILES string of the molecule is CCOC(=O)C(O)C(O)c1cc(C)cc(C(F)(F)F)c1. The molecule has 4 nitrogen and oxygen atoms in total. The maximum atomic E-state index is 12.7. The first-order valence-electron chi connectivity index (χ1n) is 5.88. The smallest absolute Gasteiger partial charge is 0.416 e. The van der Waals surface area contributed by atoms with E-state index in [-0.39, 0.29) is 17.7 Å². The molecule has 0 heterocycles. The summed E-state index contributed by atoms with van der Waals surface area (Å²) in [6, 6.07) is 2.87. The summed E-state index contributed by atoms with van der Waals surface area (Å²) in [5.41, 5.74) is -0.898. The molecule has 0 saturated heterocycles. The highest BCUT2D eigenvalue weighted by Gasteiger charge is 2.33. The zero-order chi connectivity index (χ0) is 15.5. The number of carbonyl (C=O) groups is 1. The maximum Gasteiger partial charge on any atom is 0.416 e. The van der Waals surface area contributed by atoms with Gasteiger partial charge in [0.25, 0.3) is 0 Å². The first-order chi connectivity index (χ1) is 9.16. The zero-order valence-corrected chi connectivity index (χ0v) is 10.9.